The lowest BCUT2D eigenvalue weighted by atomic mass is 10.2. The maximum atomic E-state index is 11.9. The minimum atomic E-state index is -0.372. The Hall–Kier alpha value is -0.860. The number of ether oxygens (including phenoxy) is 1. The quantitative estimate of drug-likeness (QED) is 0.611. The Morgan fingerprint density at radius 1 is 1.43 bits per heavy atom. The summed E-state index contributed by atoms with van der Waals surface area (Å²) in [4.78, 5) is 11.9. The largest absolute Gasteiger partial charge is 0.368 e. The van der Waals surface area contributed by atoms with Crippen molar-refractivity contribution in [2.45, 2.75) is 29.0 Å². The van der Waals surface area contributed by atoms with Gasteiger partial charge in [-0.25, -0.2) is 0 Å². The van der Waals surface area contributed by atoms with Gasteiger partial charge in [-0.1, -0.05) is 52.4 Å². The van der Waals surface area contributed by atoms with Crippen molar-refractivity contribution in [1.82, 2.24) is 10.2 Å². The maximum absolute atomic E-state index is 11.9. The molecule has 122 valence electrons. The van der Waals surface area contributed by atoms with Gasteiger partial charge < -0.3 is 4.74 Å². The summed E-state index contributed by atoms with van der Waals surface area (Å²) in [5, 5.41) is 12.5. The molecule has 1 amide bonds. The molecule has 1 N–H and O–H groups in total. The van der Waals surface area contributed by atoms with E-state index >= 15 is 0 Å². The lowest BCUT2D eigenvalue weighted by Crippen LogP contribution is -2.26. The highest BCUT2D eigenvalue weighted by Gasteiger charge is 2.24. The average Bonchev–Trinajstić information content (AvgIpc) is 3.17. The van der Waals surface area contributed by atoms with Crippen molar-refractivity contribution in [3.8, 4) is 0 Å². The molecule has 1 aromatic carbocycles. The first-order valence-corrected chi connectivity index (χ1v) is 9.50. The molecular weight excluding hydrogens is 377 g/mol. The zero-order valence-electron chi connectivity index (χ0n) is 11.9. The number of halogens is 2. The van der Waals surface area contributed by atoms with E-state index in [2.05, 4.69) is 15.5 Å². The van der Waals surface area contributed by atoms with Crippen LogP contribution >= 0.6 is 46.3 Å². The lowest BCUT2D eigenvalue weighted by Gasteiger charge is -2.07. The lowest BCUT2D eigenvalue weighted by molar-refractivity contribution is -0.124. The third-order valence-electron chi connectivity index (χ3n) is 3.22. The van der Waals surface area contributed by atoms with E-state index < -0.39 is 0 Å². The minimum absolute atomic E-state index is 0.157. The molecule has 1 saturated heterocycles. The summed E-state index contributed by atoms with van der Waals surface area (Å²) in [7, 11) is 0. The van der Waals surface area contributed by atoms with Gasteiger partial charge in [-0.15, -0.1) is 10.2 Å². The van der Waals surface area contributed by atoms with E-state index in [9.17, 15) is 4.79 Å². The second-order valence-electron chi connectivity index (χ2n) is 4.89. The fourth-order valence-corrected chi connectivity index (χ4v) is 4.38. The van der Waals surface area contributed by atoms with Gasteiger partial charge in [-0.2, -0.15) is 0 Å². The Balaban J connectivity index is 1.55. The molecule has 9 heteroatoms. The number of thioether (sulfide) groups is 1. The van der Waals surface area contributed by atoms with Crippen LogP contribution in [-0.4, -0.2) is 28.8 Å². The number of nitrogens with one attached hydrogen (secondary N) is 1. The van der Waals surface area contributed by atoms with Crippen LogP contribution in [0.3, 0.4) is 0 Å². The molecule has 3 rings (SSSR count). The summed E-state index contributed by atoms with van der Waals surface area (Å²) >= 11 is 14.9. The van der Waals surface area contributed by atoms with Crippen molar-refractivity contribution in [2.24, 2.45) is 0 Å². The van der Waals surface area contributed by atoms with Gasteiger partial charge in [0.25, 0.3) is 5.91 Å². The van der Waals surface area contributed by atoms with Crippen LogP contribution in [-0.2, 0) is 15.3 Å². The maximum Gasteiger partial charge on any atom is 0.255 e. The van der Waals surface area contributed by atoms with E-state index in [0.717, 1.165) is 22.7 Å². The Labute approximate surface area is 151 Å². The third kappa shape index (κ3) is 4.58. The van der Waals surface area contributed by atoms with Crippen molar-refractivity contribution in [1.29, 1.82) is 0 Å². The summed E-state index contributed by atoms with van der Waals surface area (Å²) in [6, 6.07) is 5.40. The molecule has 1 fully saturated rings. The Morgan fingerprint density at radius 3 is 3.04 bits per heavy atom. The van der Waals surface area contributed by atoms with Gasteiger partial charge in [0.2, 0.25) is 5.13 Å². The predicted molar refractivity (Wildman–Crippen MR) is 93.5 cm³/mol. The van der Waals surface area contributed by atoms with Crippen LogP contribution in [0.1, 0.15) is 18.4 Å². The second-order valence-corrected chi connectivity index (χ2v) is 7.93. The number of nitrogens with zero attached hydrogens (tertiary/aromatic N) is 2. The SMILES string of the molecule is O=C(Nc1nnc(SCc2ccc(Cl)cc2Cl)s1)[C@H]1CCCO1. The van der Waals surface area contributed by atoms with Gasteiger partial charge in [-0.05, 0) is 30.5 Å². The molecule has 1 aliphatic heterocycles. The van der Waals surface area contributed by atoms with Crippen LogP contribution in [0.5, 0.6) is 0 Å². The van der Waals surface area contributed by atoms with Crippen LogP contribution in [0, 0.1) is 0 Å². The fourth-order valence-electron chi connectivity index (χ4n) is 2.07. The predicted octanol–water partition coefficient (Wildman–Crippen LogP) is 4.25. The van der Waals surface area contributed by atoms with E-state index in [4.69, 9.17) is 27.9 Å². The van der Waals surface area contributed by atoms with Crippen molar-refractivity contribution < 1.29 is 9.53 Å². The highest BCUT2D eigenvalue weighted by atomic mass is 35.5. The molecule has 1 aromatic heterocycles. The van der Waals surface area contributed by atoms with E-state index in [1.807, 2.05) is 6.07 Å². The van der Waals surface area contributed by atoms with Crippen LogP contribution < -0.4 is 5.32 Å². The molecule has 1 atom stereocenters. The fraction of sp³-hybridized carbons (Fsp3) is 0.357. The van der Waals surface area contributed by atoms with E-state index in [0.29, 0.717) is 27.5 Å². The summed E-state index contributed by atoms with van der Waals surface area (Å²) in [5.41, 5.74) is 0.973. The summed E-state index contributed by atoms with van der Waals surface area (Å²) in [6.45, 7) is 0.636. The normalized spacial score (nSPS) is 17.4. The van der Waals surface area contributed by atoms with Crippen molar-refractivity contribution in [3.05, 3.63) is 33.8 Å². The smallest absolute Gasteiger partial charge is 0.255 e. The number of aromatic nitrogens is 2. The number of hydrogen-bond donors (Lipinski definition) is 1. The molecule has 2 aromatic rings. The molecule has 2 heterocycles. The molecular formula is C14H13Cl2N3O2S2. The van der Waals surface area contributed by atoms with Crippen molar-refractivity contribution in [3.63, 3.8) is 0 Å². The highest BCUT2D eigenvalue weighted by Crippen LogP contribution is 2.31. The molecule has 5 nitrogen and oxygen atoms in total. The number of carbonyl (C=O) groups is 1. The van der Waals surface area contributed by atoms with Gasteiger partial charge in [0.05, 0.1) is 0 Å². The topological polar surface area (TPSA) is 64.1 Å². The van der Waals surface area contributed by atoms with Gasteiger partial charge in [0.1, 0.15) is 6.10 Å². The van der Waals surface area contributed by atoms with E-state index in [-0.39, 0.29) is 12.0 Å². The number of benzene rings is 1. The van der Waals surface area contributed by atoms with Gasteiger partial charge >= 0.3 is 0 Å². The molecule has 0 saturated carbocycles. The first-order valence-electron chi connectivity index (χ1n) is 6.94. The van der Waals surface area contributed by atoms with Crippen LogP contribution in [0.15, 0.2) is 22.5 Å². The van der Waals surface area contributed by atoms with Crippen LogP contribution in [0.4, 0.5) is 5.13 Å². The zero-order valence-corrected chi connectivity index (χ0v) is 15.1. The first-order chi connectivity index (χ1) is 11.1. The Kier molecular flexibility index (Phi) is 5.76. The Bertz CT molecular complexity index is 705. The number of amides is 1. The molecule has 0 spiro atoms. The molecule has 0 aliphatic carbocycles. The number of anilines is 1. The first kappa shape index (κ1) is 17.0. The van der Waals surface area contributed by atoms with Crippen molar-refractivity contribution >= 4 is 57.3 Å². The van der Waals surface area contributed by atoms with Gasteiger partial charge in [0.15, 0.2) is 4.34 Å². The second kappa shape index (κ2) is 7.81. The van der Waals surface area contributed by atoms with Gasteiger partial charge in [-0.3, -0.25) is 10.1 Å². The highest BCUT2D eigenvalue weighted by molar-refractivity contribution is 8.00. The van der Waals surface area contributed by atoms with Gasteiger partial charge in [0, 0.05) is 22.4 Å². The summed E-state index contributed by atoms with van der Waals surface area (Å²) in [5.74, 6) is 0.501. The zero-order chi connectivity index (χ0) is 16.2. The van der Waals surface area contributed by atoms with E-state index in [1.165, 1.54) is 23.1 Å². The third-order valence-corrected chi connectivity index (χ3v) is 5.83. The van der Waals surface area contributed by atoms with Crippen molar-refractivity contribution in [2.75, 3.05) is 11.9 Å². The molecule has 0 unspecified atom stereocenters. The minimum Gasteiger partial charge on any atom is -0.368 e. The standard InChI is InChI=1S/C14H13Cl2N3O2S2/c15-9-4-3-8(10(16)6-9)7-22-14-19-18-13(23-14)17-12(20)11-2-1-5-21-11/h3-4,6,11H,1-2,5,7H2,(H,17,18,20)/t11-/m1/s1. The van der Waals surface area contributed by atoms with Crippen LogP contribution in [0.25, 0.3) is 0 Å². The average molecular weight is 390 g/mol. The molecule has 0 bridgehead atoms. The number of carbonyl (C=O) groups excluding carboxylic acids is 1. The van der Waals surface area contributed by atoms with Crippen LogP contribution in [0.2, 0.25) is 10.0 Å². The molecule has 0 radical (unpaired) electrons. The Morgan fingerprint density at radius 2 is 2.30 bits per heavy atom. The molecule has 1 aliphatic rings. The molecule has 23 heavy (non-hydrogen) atoms. The summed E-state index contributed by atoms with van der Waals surface area (Å²) in [6.07, 6.45) is 1.29. The monoisotopic (exact) mass is 389 g/mol. The number of rotatable bonds is 5. The number of hydrogen-bond acceptors (Lipinski definition) is 6. The van der Waals surface area contributed by atoms with E-state index in [1.54, 1.807) is 12.1 Å². The summed E-state index contributed by atoms with van der Waals surface area (Å²) < 4.78 is 6.10.